The number of benzene rings is 4. The molecule has 0 radical (unpaired) electrons. The molecule has 0 unspecified atom stereocenters. The van der Waals surface area contributed by atoms with E-state index in [0.29, 0.717) is 25.1 Å². The first-order chi connectivity index (χ1) is 21.3. The number of Topliss-reactive ketones (excluding diaryl/α,β-unsaturated/α-hetero) is 1. The van der Waals surface area contributed by atoms with Crippen molar-refractivity contribution in [1.29, 1.82) is 0 Å². The summed E-state index contributed by atoms with van der Waals surface area (Å²) in [7, 11) is -3.93. The van der Waals surface area contributed by atoms with Gasteiger partial charge in [-0.1, -0.05) is 84.4 Å². The average Bonchev–Trinajstić information content (AvgIpc) is 2.98. The second-order valence-corrected chi connectivity index (χ2v) is 13.1. The Balaban J connectivity index is 1.60. The summed E-state index contributed by atoms with van der Waals surface area (Å²) in [6, 6.07) is 25.4. The maximum Gasteiger partial charge on any atom is 0.417 e. The summed E-state index contributed by atoms with van der Waals surface area (Å²) in [4.78, 5) is 13.4. The van der Waals surface area contributed by atoms with E-state index in [2.05, 4.69) is 0 Å². The van der Waals surface area contributed by atoms with Crippen molar-refractivity contribution < 1.29 is 35.5 Å². The van der Waals surface area contributed by atoms with Crippen molar-refractivity contribution in [3.8, 4) is 5.75 Å². The van der Waals surface area contributed by atoms with E-state index in [-0.39, 0.29) is 29.8 Å². The zero-order valence-corrected chi connectivity index (χ0v) is 26.2. The van der Waals surface area contributed by atoms with Crippen LogP contribution in [0.4, 0.5) is 17.6 Å². The highest BCUT2D eigenvalue weighted by molar-refractivity contribution is 7.90. The third-order valence-corrected chi connectivity index (χ3v) is 8.86. The first-order valence-electron chi connectivity index (χ1n) is 14.1. The van der Waals surface area contributed by atoms with Gasteiger partial charge in [0.15, 0.2) is 15.6 Å². The van der Waals surface area contributed by atoms with Gasteiger partial charge in [0.1, 0.15) is 11.6 Å². The van der Waals surface area contributed by atoms with Crippen LogP contribution in [0.3, 0.4) is 0 Å². The molecule has 0 saturated heterocycles. The van der Waals surface area contributed by atoms with Crippen LogP contribution in [-0.4, -0.2) is 45.1 Å². The topological polar surface area (TPSA) is 63.7 Å². The average molecular weight is 662 g/mol. The largest absolute Gasteiger partial charge is 0.493 e. The molecule has 0 aromatic heterocycles. The maximum absolute atomic E-state index is 14.7. The molecule has 0 heterocycles. The van der Waals surface area contributed by atoms with Crippen LogP contribution in [0.15, 0.2) is 95.9 Å². The lowest BCUT2D eigenvalue weighted by molar-refractivity contribution is -0.137. The summed E-state index contributed by atoms with van der Waals surface area (Å²) in [6.45, 7) is 2.02. The Morgan fingerprint density at radius 1 is 0.933 bits per heavy atom. The molecule has 4 rings (SSSR count). The van der Waals surface area contributed by atoms with Crippen molar-refractivity contribution in [2.45, 2.75) is 36.9 Å². The van der Waals surface area contributed by atoms with Crippen LogP contribution >= 0.6 is 11.6 Å². The lowest BCUT2D eigenvalue weighted by Gasteiger charge is -2.29. The van der Waals surface area contributed by atoms with E-state index in [1.165, 1.54) is 6.07 Å². The van der Waals surface area contributed by atoms with Crippen molar-refractivity contribution in [2.75, 3.05) is 26.0 Å². The van der Waals surface area contributed by atoms with Gasteiger partial charge in [-0.2, -0.15) is 13.2 Å². The Bertz CT molecular complexity index is 1690. The molecule has 0 fully saturated rings. The van der Waals surface area contributed by atoms with Crippen LogP contribution in [0.5, 0.6) is 5.75 Å². The summed E-state index contributed by atoms with van der Waals surface area (Å²) in [6.07, 6.45) is -3.37. The molecule has 0 aliphatic heterocycles. The predicted octanol–water partition coefficient (Wildman–Crippen LogP) is 8.21. The summed E-state index contributed by atoms with van der Waals surface area (Å²) < 4.78 is 85.8. The normalized spacial score (nSPS) is 12.1. The molecule has 4 aromatic rings. The number of ether oxygens (including phenoxy) is 1. The lowest BCUT2D eigenvalue weighted by atomic mass is 9.90. The lowest BCUT2D eigenvalue weighted by Crippen LogP contribution is -2.31. The molecule has 0 N–H and O–H groups in total. The fourth-order valence-electron chi connectivity index (χ4n) is 5.18. The number of carbonyl (C=O) groups excluding carboxylic acids is 1. The molecule has 0 spiro atoms. The van der Waals surface area contributed by atoms with Gasteiger partial charge in [-0.05, 0) is 42.2 Å². The van der Waals surface area contributed by atoms with Crippen LogP contribution in [0.1, 0.15) is 51.9 Å². The number of halogens is 5. The fraction of sp³-hybridized carbons (Fsp3) is 0.265. The van der Waals surface area contributed by atoms with Gasteiger partial charge in [-0.25, -0.2) is 12.8 Å². The minimum atomic E-state index is -4.61. The number of hydrogen-bond donors (Lipinski definition) is 0. The molecule has 0 aliphatic rings. The molecule has 238 valence electrons. The molecule has 5 nitrogen and oxygen atoms in total. The molecule has 0 aliphatic carbocycles. The zero-order valence-electron chi connectivity index (χ0n) is 24.7. The third kappa shape index (κ3) is 8.93. The molecule has 11 heteroatoms. The Morgan fingerprint density at radius 2 is 1.53 bits per heavy atom. The number of nitrogens with zero attached hydrogens (tertiary/aromatic N) is 1. The molecule has 0 amide bonds. The Morgan fingerprint density at radius 3 is 2.07 bits per heavy atom. The van der Waals surface area contributed by atoms with E-state index >= 15 is 0 Å². The Labute approximate surface area is 265 Å². The number of sulfone groups is 1. The SMILES string of the molecule is CC(=O)c1c(F)cc(OCCCN(Cc2cccc(C(F)(F)F)c2Cl)CC(c2ccccc2)c2ccccc2)cc1S(C)(=O)=O. The van der Waals surface area contributed by atoms with E-state index < -0.39 is 43.6 Å². The van der Waals surface area contributed by atoms with Crippen molar-refractivity contribution in [3.05, 3.63) is 130 Å². The predicted molar refractivity (Wildman–Crippen MR) is 166 cm³/mol. The van der Waals surface area contributed by atoms with Crippen molar-refractivity contribution in [1.82, 2.24) is 4.90 Å². The minimum absolute atomic E-state index is 0.0379. The van der Waals surface area contributed by atoms with Crippen molar-refractivity contribution in [2.24, 2.45) is 0 Å². The van der Waals surface area contributed by atoms with Gasteiger partial charge in [0.2, 0.25) is 0 Å². The van der Waals surface area contributed by atoms with E-state index in [9.17, 15) is 30.8 Å². The standard InChI is InChI=1S/C34H32ClF4NO4S/c1-23(41)32-30(36)19-27(20-31(32)45(2,42)43)44-18-10-17-40(21-26-15-9-16-29(33(26)35)34(37,38)39)22-28(24-11-5-3-6-12-24)25-13-7-4-8-14-25/h3-9,11-16,19-20,28H,10,17-18,21-22H2,1-2H3. The van der Waals surface area contributed by atoms with Crippen molar-refractivity contribution >= 4 is 27.2 Å². The zero-order chi connectivity index (χ0) is 32.8. The number of hydrogen-bond acceptors (Lipinski definition) is 5. The molecule has 0 atom stereocenters. The van der Waals surface area contributed by atoms with E-state index in [1.54, 1.807) is 6.07 Å². The second-order valence-electron chi connectivity index (χ2n) is 10.7. The molecular weight excluding hydrogens is 630 g/mol. The second kappa shape index (κ2) is 14.6. The van der Waals surface area contributed by atoms with Crippen LogP contribution < -0.4 is 4.74 Å². The fourth-order valence-corrected chi connectivity index (χ4v) is 6.42. The Hall–Kier alpha value is -3.73. The van der Waals surface area contributed by atoms with Gasteiger partial charge >= 0.3 is 6.18 Å². The summed E-state index contributed by atoms with van der Waals surface area (Å²) >= 11 is 6.27. The van der Waals surface area contributed by atoms with E-state index in [0.717, 1.165) is 42.5 Å². The van der Waals surface area contributed by atoms with Gasteiger partial charge in [0.25, 0.3) is 0 Å². The van der Waals surface area contributed by atoms with E-state index in [1.807, 2.05) is 65.6 Å². The first-order valence-corrected chi connectivity index (χ1v) is 16.4. The third-order valence-electron chi connectivity index (χ3n) is 7.29. The quantitative estimate of drug-likeness (QED) is 0.0821. The highest BCUT2D eigenvalue weighted by Gasteiger charge is 2.34. The maximum atomic E-state index is 14.7. The van der Waals surface area contributed by atoms with Gasteiger partial charge in [-0.3, -0.25) is 9.69 Å². The highest BCUT2D eigenvalue weighted by Crippen LogP contribution is 2.37. The highest BCUT2D eigenvalue weighted by atomic mass is 35.5. The number of ketones is 1. The molecule has 0 saturated carbocycles. The van der Waals surface area contributed by atoms with Crippen LogP contribution in [-0.2, 0) is 22.6 Å². The van der Waals surface area contributed by atoms with Gasteiger partial charge < -0.3 is 4.74 Å². The van der Waals surface area contributed by atoms with Gasteiger partial charge in [0, 0.05) is 37.9 Å². The van der Waals surface area contributed by atoms with Crippen molar-refractivity contribution in [3.63, 3.8) is 0 Å². The number of rotatable bonds is 13. The summed E-state index contributed by atoms with van der Waals surface area (Å²) in [5, 5.41) is -0.364. The van der Waals surface area contributed by atoms with Gasteiger partial charge in [0.05, 0.1) is 27.7 Å². The van der Waals surface area contributed by atoms with E-state index in [4.69, 9.17) is 16.3 Å². The van der Waals surface area contributed by atoms with Crippen LogP contribution in [0, 0.1) is 5.82 Å². The monoisotopic (exact) mass is 661 g/mol. The molecular formula is C34H32ClF4NO4S. The Kier molecular flexibility index (Phi) is 11.1. The molecule has 4 aromatic carbocycles. The molecule has 45 heavy (non-hydrogen) atoms. The minimum Gasteiger partial charge on any atom is -0.493 e. The first kappa shape index (κ1) is 34.1. The number of carbonyl (C=O) groups is 1. The van der Waals surface area contributed by atoms with Crippen LogP contribution in [0.2, 0.25) is 5.02 Å². The smallest absolute Gasteiger partial charge is 0.417 e. The summed E-state index contributed by atoms with van der Waals surface area (Å²) in [5.41, 5.74) is 0.919. The van der Waals surface area contributed by atoms with Crippen LogP contribution in [0.25, 0.3) is 0 Å². The van der Waals surface area contributed by atoms with Gasteiger partial charge in [-0.15, -0.1) is 0 Å². The number of alkyl halides is 3. The summed E-state index contributed by atoms with van der Waals surface area (Å²) in [5.74, 6) is -1.91. The molecule has 0 bridgehead atoms.